The minimum Gasteiger partial charge on any atom is -0.355 e. The number of nitrogens with two attached hydrogens (primary N) is 1. The number of amides is 1. The molecule has 0 unspecified atom stereocenters. The number of hydrogen-bond acceptors (Lipinski definition) is 4. The van der Waals surface area contributed by atoms with Crippen LogP contribution in [-0.4, -0.2) is 38.4 Å². The molecule has 1 amide bonds. The molecule has 0 atom stereocenters. The van der Waals surface area contributed by atoms with Crippen molar-refractivity contribution < 1.29 is 13.2 Å². The molecule has 0 aliphatic rings. The van der Waals surface area contributed by atoms with Gasteiger partial charge < -0.3 is 11.1 Å². The summed E-state index contributed by atoms with van der Waals surface area (Å²) < 4.78 is 21.8. The lowest BCUT2D eigenvalue weighted by Gasteiger charge is -2.22. The molecular formula is C10H22N2O3S. The summed E-state index contributed by atoms with van der Waals surface area (Å²) in [5.41, 5.74) is 5.30. The van der Waals surface area contributed by atoms with Crippen LogP contribution >= 0.6 is 0 Å². The first-order valence-corrected chi connectivity index (χ1v) is 7.26. The number of sulfone groups is 1. The summed E-state index contributed by atoms with van der Waals surface area (Å²) >= 11 is 0. The van der Waals surface area contributed by atoms with Crippen LogP contribution in [0.2, 0.25) is 0 Å². The van der Waals surface area contributed by atoms with Crippen molar-refractivity contribution in [3.05, 3.63) is 0 Å². The summed E-state index contributed by atoms with van der Waals surface area (Å²) in [6, 6.07) is 0. The van der Waals surface area contributed by atoms with Gasteiger partial charge in [-0.05, 0) is 33.2 Å². The molecule has 5 nitrogen and oxygen atoms in total. The second-order valence-corrected chi connectivity index (χ2v) is 7.20. The number of nitrogens with one attached hydrogen (secondary N) is 1. The zero-order valence-electron chi connectivity index (χ0n) is 10.2. The maximum Gasteiger partial charge on any atom is 0.220 e. The molecule has 0 aliphatic carbocycles. The van der Waals surface area contributed by atoms with E-state index in [-0.39, 0.29) is 12.5 Å². The van der Waals surface area contributed by atoms with Crippen molar-refractivity contribution in [1.29, 1.82) is 0 Å². The Morgan fingerprint density at radius 2 is 1.88 bits per heavy atom. The standard InChI is InChI=1S/C10H22N2O3S/c1-10(2,16(3,14)15)8-12-9(13)6-4-5-7-11/h4-8,11H2,1-3H3,(H,12,13). The van der Waals surface area contributed by atoms with Gasteiger partial charge in [-0.1, -0.05) is 0 Å². The van der Waals surface area contributed by atoms with E-state index in [4.69, 9.17) is 5.73 Å². The first-order chi connectivity index (χ1) is 7.20. The summed E-state index contributed by atoms with van der Waals surface area (Å²) in [5, 5.41) is 2.63. The predicted octanol–water partition coefficient (Wildman–Crippen LogP) is 0.0548. The predicted molar refractivity (Wildman–Crippen MR) is 64.8 cm³/mol. The average molecular weight is 250 g/mol. The highest BCUT2D eigenvalue weighted by atomic mass is 32.2. The van der Waals surface area contributed by atoms with Crippen molar-refractivity contribution in [3.63, 3.8) is 0 Å². The highest BCUT2D eigenvalue weighted by molar-refractivity contribution is 7.92. The Labute approximate surface area is 97.7 Å². The van der Waals surface area contributed by atoms with Crippen molar-refractivity contribution >= 4 is 15.7 Å². The van der Waals surface area contributed by atoms with E-state index in [9.17, 15) is 13.2 Å². The van der Waals surface area contributed by atoms with Crippen molar-refractivity contribution in [2.24, 2.45) is 5.73 Å². The highest BCUT2D eigenvalue weighted by Crippen LogP contribution is 2.13. The van der Waals surface area contributed by atoms with Crippen LogP contribution in [0.15, 0.2) is 0 Å². The van der Waals surface area contributed by atoms with Gasteiger partial charge in [-0.15, -0.1) is 0 Å². The van der Waals surface area contributed by atoms with Gasteiger partial charge in [-0.3, -0.25) is 4.79 Å². The summed E-state index contributed by atoms with van der Waals surface area (Å²) in [6.07, 6.45) is 3.12. The van der Waals surface area contributed by atoms with E-state index in [2.05, 4.69) is 5.32 Å². The molecule has 0 spiro atoms. The third-order valence-corrected chi connectivity index (χ3v) is 4.72. The van der Waals surface area contributed by atoms with Crippen molar-refractivity contribution in [2.45, 2.75) is 37.9 Å². The molecule has 16 heavy (non-hydrogen) atoms. The van der Waals surface area contributed by atoms with Crippen LogP contribution in [0.5, 0.6) is 0 Å². The van der Waals surface area contributed by atoms with Crippen molar-refractivity contribution in [3.8, 4) is 0 Å². The normalized spacial score (nSPS) is 12.5. The van der Waals surface area contributed by atoms with Crippen molar-refractivity contribution in [2.75, 3.05) is 19.3 Å². The van der Waals surface area contributed by atoms with Gasteiger partial charge in [0, 0.05) is 19.2 Å². The van der Waals surface area contributed by atoms with E-state index in [1.54, 1.807) is 13.8 Å². The topological polar surface area (TPSA) is 89.3 Å². The maximum atomic E-state index is 11.4. The van der Waals surface area contributed by atoms with Gasteiger partial charge in [0.15, 0.2) is 9.84 Å². The van der Waals surface area contributed by atoms with E-state index in [1.165, 1.54) is 6.26 Å². The fourth-order valence-electron chi connectivity index (χ4n) is 0.961. The van der Waals surface area contributed by atoms with Crippen LogP contribution in [-0.2, 0) is 14.6 Å². The quantitative estimate of drug-likeness (QED) is 0.625. The second kappa shape index (κ2) is 6.20. The first kappa shape index (κ1) is 15.4. The van der Waals surface area contributed by atoms with E-state index >= 15 is 0 Å². The molecule has 6 heteroatoms. The third-order valence-electron chi connectivity index (χ3n) is 2.57. The van der Waals surface area contributed by atoms with Crippen molar-refractivity contribution in [1.82, 2.24) is 5.32 Å². The number of rotatable bonds is 7. The molecule has 0 rings (SSSR count). The minimum absolute atomic E-state index is 0.120. The van der Waals surface area contributed by atoms with Crippen LogP contribution in [0, 0.1) is 0 Å². The van der Waals surface area contributed by atoms with Gasteiger partial charge in [0.1, 0.15) is 0 Å². The minimum atomic E-state index is -3.16. The Balaban J connectivity index is 4.01. The maximum absolute atomic E-state index is 11.4. The second-order valence-electron chi connectivity index (χ2n) is 4.55. The summed E-state index contributed by atoms with van der Waals surface area (Å²) in [4.78, 5) is 11.3. The van der Waals surface area contributed by atoms with Gasteiger partial charge in [-0.2, -0.15) is 0 Å². The van der Waals surface area contributed by atoms with E-state index in [0.717, 1.165) is 12.8 Å². The Bertz CT molecular complexity index is 323. The Kier molecular flexibility index (Phi) is 5.96. The molecule has 0 radical (unpaired) electrons. The lowest BCUT2D eigenvalue weighted by atomic mass is 10.2. The van der Waals surface area contributed by atoms with Gasteiger partial charge in [0.2, 0.25) is 5.91 Å². The average Bonchev–Trinajstić information content (AvgIpc) is 2.13. The lowest BCUT2D eigenvalue weighted by Crippen LogP contribution is -2.43. The molecule has 0 fully saturated rings. The van der Waals surface area contributed by atoms with Crippen LogP contribution in [0.3, 0.4) is 0 Å². The van der Waals surface area contributed by atoms with Gasteiger partial charge in [-0.25, -0.2) is 8.42 Å². The molecule has 0 bridgehead atoms. The van der Waals surface area contributed by atoms with E-state index in [0.29, 0.717) is 13.0 Å². The van der Waals surface area contributed by atoms with Gasteiger partial charge >= 0.3 is 0 Å². The highest BCUT2D eigenvalue weighted by Gasteiger charge is 2.30. The number of carbonyl (C=O) groups excluding carboxylic acids is 1. The number of carbonyl (C=O) groups is 1. The van der Waals surface area contributed by atoms with Gasteiger partial charge in [0.25, 0.3) is 0 Å². The number of unbranched alkanes of at least 4 members (excludes halogenated alkanes) is 1. The Hall–Kier alpha value is -0.620. The smallest absolute Gasteiger partial charge is 0.220 e. The fraction of sp³-hybridized carbons (Fsp3) is 0.900. The lowest BCUT2D eigenvalue weighted by molar-refractivity contribution is -0.121. The molecule has 3 N–H and O–H groups in total. The summed E-state index contributed by atoms with van der Waals surface area (Å²) in [5.74, 6) is -0.120. The first-order valence-electron chi connectivity index (χ1n) is 5.37. The van der Waals surface area contributed by atoms with Crippen LogP contribution in [0.1, 0.15) is 33.1 Å². The largest absolute Gasteiger partial charge is 0.355 e. The molecule has 0 saturated heterocycles. The van der Waals surface area contributed by atoms with E-state index in [1.807, 2.05) is 0 Å². The Morgan fingerprint density at radius 1 is 1.31 bits per heavy atom. The SMILES string of the molecule is CC(C)(CNC(=O)CCCCN)S(C)(=O)=O. The monoisotopic (exact) mass is 250 g/mol. The molecule has 0 aromatic rings. The molecule has 0 aromatic heterocycles. The number of hydrogen-bond donors (Lipinski definition) is 2. The zero-order chi connectivity index (χ0) is 12.8. The molecular weight excluding hydrogens is 228 g/mol. The Morgan fingerprint density at radius 3 is 2.31 bits per heavy atom. The summed E-state index contributed by atoms with van der Waals surface area (Å²) in [6.45, 7) is 3.92. The van der Waals surface area contributed by atoms with Gasteiger partial charge in [0.05, 0.1) is 4.75 Å². The molecule has 0 saturated carbocycles. The van der Waals surface area contributed by atoms with E-state index < -0.39 is 14.6 Å². The molecule has 0 heterocycles. The summed E-state index contributed by atoms with van der Waals surface area (Å²) in [7, 11) is -3.16. The zero-order valence-corrected chi connectivity index (χ0v) is 11.1. The fourth-order valence-corrected chi connectivity index (χ4v) is 1.30. The molecule has 0 aliphatic heterocycles. The molecule has 0 aromatic carbocycles. The van der Waals surface area contributed by atoms with Crippen LogP contribution in [0.4, 0.5) is 0 Å². The third kappa shape index (κ3) is 5.46. The van der Waals surface area contributed by atoms with Crippen LogP contribution in [0.25, 0.3) is 0 Å². The molecule has 96 valence electrons. The van der Waals surface area contributed by atoms with Crippen LogP contribution < -0.4 is 11.1 Å².